The van der Waals surface area contributed by atoms with E-state index in [0.717, 1.165) is 34.7 Å². The van der Waals surface area contributed by atoms with Crippen LogP contribution in [0, 0.1) is 13.8 Å². The second-order valence-electron chi connectivity index (χ2n) is 4.19. The summed E-state index contributed by atoms with van der Waals surface area (Å²) in [5.41, 5.74) is 2.03. The molecule has 17 heavy (non-hydrogen) atoms. The van der Waals surface area contributed by atoms with E-state index in [1.165, 1.54) is 0 Å². The van der Waals surface area contributed by atoms with Crippen molar-refractivity contribution in [1.82, 2.24) is 4.31 Å². The number of hydrogen-bond donors (Lipinski definition) is 0. The van der Waals surface area contributed by atoms with Crippen LogP contribution in [0.1, 0.15) is 24.5 Å². The number of hydrogen-bond acceptors (Lipinski definition) is 2. The molecule has 0 spiro atoms. The van der Waals surface area contributed by atoms with Gasteiger partial charge in [0.25, 0.3) is 0 Å². The third kappa shape index (κ3) is 3.30. The van der Waals surface area contributed by atoms with Crippen LogP contribution >= 0.6 is 0 Å². The number of nitrogens with zero attached hydrogens (tertiary/aromatic N) is 1. The van der Waals surface area contributed by atoms with E-state index in [1.807, 2.05) is 37.3 Å². The zero-order valence-electron chi connectivity index (χ0n) is 11.2. The molecule has 0 fully saturated rings. The molecule has 0 aliphatic carbocycles. The van der Waals surface area contributed by atoms with Gasteiger partial charge < -0.3 is 4.74 Å². The smallest absolute Gasteiger partial charge is 0.127 e. The molecule has 1 aromatic rings. The minimum absolute atomic E-state index is 0.818. The molecule has 4 heteroatoms. The van der Waals surface area contributed by atoms with Crippen LogP contribution in [-0.2, 0) is 11.0 Å². The van der Waals surface area contributed by atoms with Crippen molar-refractivity contribution in [2.45, 2.75) is 32.1 Å². The van der Waals surface area contributed by atoms with Crippen molar-refractivity contribution in [2.24, 2.45) is 0 Å². The first-order valence-corrected chi connectivity index (χ1v) is 6.90. The largest absolute Gasteiger partial charge is 0.497 e. The van der Waals surface area contributed by atoms with Gasteiger partial charge in [-0.05, 0) is 43.5 Å². The number of benzene rings is 1. The average Bonchev–Trinajstić information content (AvgIpc) is 2.28. The van der Waals surface area contributed by atoms with Gasteiger partial charge in [0.15, 0.2) is 0 Å². The monoisotopic (exact) mass is 255 g/mol. The summed E-state index contributed by atoms with van der Waals surface area (Å²) >= 11 is 0. The van der Waals surface area contributed by atoms with E-state index in [-0.39, 0.29) is 0 Å². The van der Waals surface area contributed by atoms with Crippen LogP contribution in [0.5, 0.6) is 5.75 Å². The minimum atomic E-state index is -1.08. The van der Waals surface area contributed by atoms with Crippen LogP contribution in [0.25, 0.3) is 0 Å². The Morgan fingerprint density at radius 3 is 2.24 bits per heavy atom. The normalized spacial score (nSPS) is 12.8. The Morgan fingerprint density at radius 2 is 1.82 bits per heavy atom. The number of aryl methyl sites for hydroxylation is 2. The molecule has 96 valence electrons. The standard InChI is InChI=1S/C13H21NO2S/c1-6-7-14(4)17(15)13-10(2)8-12(16-5)9-11(13)3/h8-9H,6-7H2,1-5H3. The molecule has 0 saturated carbocycles. The van der Waals surface area contributed by atoms with Gasteiger partial charge in [0, 0.05) is 13.6 Å². The molecule has 1 aromatic carbocycles. The van der Waals surface area contributed by atoms with E-state index in [9.17, 15) is 4.21 Å². The van der Waals surface area contributed by atoms with E-state index >= 15 is 0 Å². The van der Waals surface area contributed by atoms with Crippen molar-refractivity contribution in [3.8, 4) is 5.75 Å². The zero-order valence-corrected chi connectivity index (χ0v) is 12.1. The highest BCUT2D eigenvalue weighted by Crippen LogP contribution is 2.25. The molecule has 3 nitrogen and oxygen atoms in total. The fraction of sp³-hybridized carbons (Fsp3) is 0.538. The van der Waals surface area contributed by atoms with E-state index in [0.29, 0.717) is 0 Å². The summed E-state index contributed by atoms with van der Waals surface area (Å²) in [4.78, 5) is 0.904. The molecule has 0 aliphatic heterocycles. The van der Waals surface area contributed by atoms with Crippen LogP contribution < -0.4 is 4.74 Å². The Kier molecular flexibility index (Phi) is 5.15. The summed E-state index contributed by atoms with van der Waals surface area (Å²) in [6, 6.07) is 3.86. The van der Waals surface area contributed by atoms with E-state index in [1.54, 1.807) is 7.11 Å². The first kappa shape index (κ1) is 14.2. The summed E-state index contributed by atoms with van der Waals surface area (Å²) < 4.78 is 19.5. The average molecular weight is 255 g/mol. The Balaban J connectivity index is 3.10. The number of rotatable bonds is 5. The quantitative estimate of drug-likeness (QED) is 0.809. The first-order valence-electron chi connectivity index (χ1n) is 5.79. The molecule has 0 heterocycles. The predicted molar refractivity (Wildman–Crippen MR) is 71.8 cm³/mol. The molecule has 0 aliphatic rings. The van der Waals surface area contributed by atoms with Gasteiger partial charge in [-0.1, -0.05) is 6.92 Å². The van der Waals surface area contributed by atoms with Gasteiger partial charge in [-0.25, -0.2) is 8.51 Å². The maximum atomic E-state index is 12.4. The minimum Gasteiger partial charge on any atom is -0.497 e. The summed E-state index contributed by atoms with van der Waals surface area (Å²) in [6.45, 7) is 6.87. The van der Waals surface area contributed by atoms with Crippen LogP contribution in [0.2, 0.25) is 0 Å². The molecule has 0 bridgehead atoms. The lowest BCUT2D eigenvalue weighted by Crippen LogP contribution is -2.23. The van der Waals surface area contributed by atoms with Gasteiger partial charge in [0.05, 0.1) is 12.0 Å². The van der Waals surface area contributed by atoms with Crippen molar-refractivity contribution in [2.75, 3.05) is 20.7 Å². The lowest BCUT2D eigenvalue weighted by Gasteiger charge is -2.18. The van der Waals surface area contributed by atoms with Gasteiger partial charge in [0.2, 0.25) is 0 Å². The first-order chi connectivity index (χ1) is 8.01. The maximum absolute atomic E-state index is 12.4. The van der Waals surface area contributed by atoms with Crippen LogP contribution in [-0.4, -0.2) is 29.2 Å². The fourth-order valence-corrected chi connectivity index (χ4v) is 3.19. The maximum Gasteiger partial charge on any atom is 0.127 e. The van der Waals surface area contributed by atoms with E-state index < -0.39 is 11.0 Å². The van der Waals surface area contributed by atoms with Crippen molar-refractivity contribution in [3.05, 3.63) is 23.3 Å². The lowest BCUT2D eigenvalue weighted by molar-refractivity contribution is 0.413. The van der Waals surface area contributed by atoms with Gasteiger partial charge in [-0.2, -0.15) is 0 Å². The van der Waals surface area contributed by atoms with Gasteiger partial charge in [0.1, 0.15) is 16.7 Å². The van der Waals surface area contributed by atoms with Crippen LogP contribution in [0.3, 0.4) is 0 Å². The summed E-state index contributed by atoms with van der Waals surface area (Å²) in [5.74, 6) is 0.818. The second kappa shape index (κ2) is 6.17. The molecule has 0 N–H and O–H groups in total. The van der Waals surface area contributed by atoms with Crippen LogP contribution in [0.15, 0.2) is 17.0 Å². The lowest BCUT2D eigenvalue weighted by atomic mass is 10.1. The molecule has 0 radical (unpaired) electrons. The topological polar surface area (TPSA) is 29.5 Å². The Hall–Kier alpha value is -0.870. The molecule has 1 atom stereocenters. The van der Waals surface area contributed by atoms with Crippen molar-refractivity contribution in [3.63, 3.8) is 0 Å². The third-order valence-electron chi connectivity index (χ3n) is 2.67. The Bertz CT molecular complexity index is 395. The van der Waals surface area contributed by atoms with Crippen molar-refractivity contribution < 1.29 is 8.95 Å². The molecule has 1 rings (SSSR count). The highest BCUT2D eigenvalue weighted by molar-refractivity contribution is 7.82. The van der Waals surface area contributed by atoms with Gasteiger partial charge >= 0.3 is 0 Å². The highest BCUT2D eigenvalue weighted by Gasteiger charge is 2.16. The van der Waals surface area contributed by atoms with Crippen molar-refractivity contribution in [1.29, 1.82) is 0 Å². The second-order valence-corrected chi connectivity index (χ2v) is 5.72. The zero-order chi connectivity index (χ0) is 13.0. The molecule has 0 amide bonds. The molecule has 0 saturated heterocycles. The summed E-state index contributed by atoms with van der Waals surface area (Å²) in [6.07, 6.45) is 0.997. The molecular weight excluding hydrogens is 234 g/mol. The van der Waals surface area contributed by atoms with Gasteiger partial charge in [-0.3, -0.25) is 0 Å². The van der Waals surface area contributed by atoms with Crippen molar-refractivity contribution >= 4 is 11.0 Å². The van der Waals surface area contributed by atoms with Crippen LogP contribution in [0.4, 0.5) is 0 Å². The molecule has 1 unspecified atom stereocenters. The number of ether oxygens (including phenoxy) is 1. The molecular formula is C13H21NO2S. The molecule has 0 aromatic heterocycles. The predicted octanol–water partition coefficient (Wildman–Crippen LogP) is 2.68. The summed E-state index contributed by atoms with van der Waals surface area (Å²) in [5, 5.41) is 0. The Morgan fingerprint density at radius 1 is 1.29 bits per heavy atom. The SMILES string of the molecule is CCCN(C)S(=O)c1c(C)cc(OC)cc1C. The van der Waals surface area contributed by atoms with E-state index in [4.69, 9.17) is 4.74 Å². The Labute approximate surface area is 106 Å². The summed E-state index contributed by atoms with van der Waals surface area (Å²) in [7, 11) is 2.45. The third-order valence-corrected chi connectivity index (χ3v) is 4.41. The fourth-order valence-electron chi connectivity index (χ4n) is 1.86. The van der Waals surface area contributed by atoms with Gasteiger partial charge in [-0.15, -0.1) is 0 Å². The highest BCUT2D eigenvalue weighted by atomic mass is 32.2. The van der Waals surface area contributed by atoms with E-state index in [2.05, 4.69) is 6.92 Å². The number of methoxy groups -OCH3 is 1.